The number of nitrogens with zero attached hydrogens (tertiary/aromatic N) is 7. The summed E-state index contributed by atoms with van der Waals surface area (Å²) in [6.07, 6.45) is 0. The first-order valence-electron chi connectivity index (χ1n) is 19.7. The zero-order valence-electron chi connectivity index (χ0n) is 37.4. The van der Waals surface area contributed by atoms with Gasteiger partial charge in [0, 0.05) is 33.7 Å². The second-order valence-electron chi connectivity index (χ2n) is 15.5. The molecule has 0 spiro atoms. The van der Waals surface area contributed by atoms with E-state index in [4.69, 9.17) is 5.73 Å². The molecule has 0 atom stereocenters. The van der Waals surface area contributed by atoms with Crippen LogP contribution in [0.15, 0.2) is 138 Å². The lowest BCUT2D eigenvalue weighted by molar-refractivity contribution is -0.384. The zero-order valence-corrected chi connectivity index (χ0v) is 43.1. The number of hydrogen-bond donors (Lipinski definition) is 11. The summed E-state index contributed by atoms with van der Waals surface area (Å²) < 4.78 is 246. The molecule has 0 heterocycles. The molecule has 0 aliphatic heterocycles. The van der Waals surface area contributed by atoms with Crippen LogP contribution in [0.1, 0.15) is 10.4 Å². The summed E-state index contributed by atoms with van der Waals surface area (Å²) in [4.78, 5) is 12.1. The van der Waals surface area contributed by atoms with Gasteiger partial charge in [-0.05, 0) is 66.0 Å². The molecule has 7 aromatic rings. The molecule has 0 saturated carbocycles. The molecule has 7 rings (SSSR count). The Hall–Kier alpha value is -8.24. The number of hydrogen-bond acceptors (Lipinski definition) is 26. The van der Waals surface area contributed by atoms with E-state index in [-0.39, 0.29) is 18.2 Å². The predicted octanol–water partition coefficient (Wildman–Crippen LogP) is 5.72. The van der Waals surface area contributed by atoms with E-state index in [1.165, 1.54) is 0 Å². The van der Waals surface area contributed by atoms with E-state index >= 15 is 0 Å². The minimum atomic E-state index is -5.84. The van der Waals surface area contributed by atoms with E-state index in [1.807, 2.05) is 0 Å². The van der Waals surface area contributed by atoms with E-state index in [2.05, 4.69) is 30.7 Å². The van der Waals surface area contributed by atoms with E-state index in [1.54, 1.807) is 0 Å². The van der Waals surface area contributed by atoms with Crippen LogP contribution in [-0.2, 0) is 70.8 Å². The van der Waals surface area contributed by atoms with Crippen LogP contribution < -0.4 is 5.73 Å². The number of aromatic hydroxyl groups is 2. The highest BCUT2D eigenvalue weighted by atomic mass is 32.2. The Bertz CT molecular complexity index is 4900. The molecule has 0 amide bonds. The molecule has 42 heteroatoms. The molecule has 0 radical (unpaired) electrons. The fourth-order valence-electron chi connectivity index (χ4n) is 7.30. The standard InChI is InChI=1S/C37H24N8O27S7/c38-31-24(12-26(75(58,59)60)20-11-29(78(67,68)69)33(35(47)30(20)31)44-39-21-3-1-14(45(50)51)7-19(21)37(48)49)42-40-22-4-2-16-18(36(22)79(70,71)72)10-28(77(64,65)66)32(34(16)46)43-41-23-9-17-13(6-27(23)76(61,62)63)5-15(73(52,53)54)8-25(17)74(55,56)57/h1-12,46-47H,38H2,(H,48,49)(H,52,53,54)(H,55,56,57)(H,58,59,60)(H,61,62,63)(H,64,65,66)(H,67,68,69)(H,70,71,72). The van der Waals surface area contributed by atoms with Gasteiger partial charge in [0.1, 0.15) is 63.5 Å². The molecule has 0 aromatic heterocycles. The van der Waals surface area contributed by atoms with Gasteiger partial charge >= 0.3 is 5.97 Å². The molecule has 7 aromatic carbocycles. The molecular weight excluding hydrogens is 1210 g/mol. The van der Waals surface area contributed by atoms with Crippen molar-refractivity contribution in [1.29, 1.82) is 0 Å². The SMILES string of the molecule is Nc1c(N=Nc2ccc3c(O)c(N=Nc4cc5c(S(=O)(=O)O)cc(S(=O)(=O)O)cc5cc4S(=O)(=O)O)c(S(=O)(=O)O)cc3c2S(=O)(=O)O)cc(S(=O)(=O)O)c2cc(S(=O)(=O)O)c(N=Nc3ccc([N+](=O)[O-])cc3C(=O)O)c(O)c12. The molecular formula is C37H24N8O27S7. The summed E-state index contributed by atoms with van der Waals surface area (Å²) in [6, 6.07) is 5.37. The smallest absolute Gasteiger partial charge is 0.338 e. The number of benzene rings is 7. The highest BCUT2D eigenvalue weighted by molar-refractivity contribution is 7.88. The maximum absolute atomic E-state index is 13.1. The van der Waals surface area contributed by atoms with Crippen molar-refractivity contribution in [2.24, 2.45) is 30.7 Å². The van der Waals surface area contributed by atoms with Crippen molar-refractivity contribution in [2.45, 2.75) is 34.3 Å². The number of carboxylic acids is 1. The Morgan fingerprint density at radius 3 is 1.44 bits per heavy atom. The lowest BCUT2D eigenvalue weighted by Crippen LogP contribution is -2.05. The van der Waals surface area contributed by atoms with Crippen LogP contribution in [0.3, 0.4) is 0 Å². The van der Waals surface area contributed by atoms with Crippen molar-refractivity contribution < 1.29 is 116 Å². The number of azo groups is 3. The van der Waals surface area contributed by atoms with Crippen molar-refractivity contribution in [3.8, 4) is 11.5 Å². The van der Waals surface area contributed by atoms with E-state index < -0.39 is 211 Å². The number of rotatable bonds is 15. The van der Waals surface area contributed by atoms with Gasteiger partial charge in [-0.15, -0.1) is 30.7 Å². The Balaban J connectivity index is 1.46. The van der Waals surface area contributed by atoms with Gasteiger partial charge in [-0.3, -0.25) is 42.0 Å². The number of carboxylic acid groups (broad SMARTS) is 1. The minimum Gasteiger partial charge on any atom is -0.505 e. The number of nitro benzene ring substituents is 1. The maximum atomic E-state index is 13.1. The fourth-order valence-corrected chi connectivity index (χ4v) is 12.1. The molecule has 0 aliphatic carbocycles. The van der Waals surface area contributed by atoms with E-state index in [0.29, 0.717) is 48.5 Å². The summed E-state index contributed by atoms with van der Waals surface area (Å²) in [5.74, 6) is -4.89. The number of nitro groups is 1. The molecule has 0 bridgehead atoms. The van der Waals surface area contributed by atoms with Crippen molar-refractivity contribution >= 4 is 155 Å². The second-order valence-corrected chi connectivity index (χ2v) is 25.3. The van der Waals surface area contributed by atoms with Crippen LogP contribution in [0, 0.1) is 10.1 Å². The topological polar surface area (TPSA) is 602 Å². The molecule has 416 valence electrons. The third kappa shape index (κ3) is 11.5. The third-order valence-corrected chi connectivity index (χ3v) is 16.8. The molecule has 0 aliphatic rings. The Kier molecular flexibility index (Phi) is 14.5. The van der Waals surface area contributed by atoms with Crippen LogP contribution in [0.4, 0.5) is 45.5 Å². The summed E-state index contributed by atoms with van der Waals surface area (Å²) in [5, 5.41) is 59.0. The third-order valence-electron chi connectivity index (χ3n) is 10.6. The number of phenols is 2. The van der Waals surface area contributed by atoms with Crippen molar-refractivity contribution in [1.82, 2.24) is 0 Å². The van der Waals surface area contributed by atoms with Crippen LogP contribution >= 0.6 is 0 Å². The van der Waals surface area contributed by atoms with Crippen LogP contribution in [-0.4, -0.2) is 117 Å². The second kappa shape index (κ2) is 19.6. The van der Waals surface area contributed by atoms with Crippen LogP contribution in [0.25, 0.3) is 32.3 Å². The average molecular weight is 1240 g/mol. The largest absolute Gasteiger partial charge is 0.505 e. The first-order valence-corrected chi connectivity index (χ1v) is 29.8. The number of non-ortho nitro benzene ring substituents is 1. The van der Waals surface area contributed by atoms with Gasteiger partial charge in [-0.1, -0.05) is 0 Å². The van der Waals surface area contributed by atoms with Gasteiger partial charge < -0.3 is 21.1 Å². The van der Waals surface area contributed by atoms with Gasteiger partial charge in [0.2, 0.25) is 0 Å². The molecule has 0 unspecified atom stereocenters. The van der Waals surface area contributed by atoms with Crippen LogP contribution in [0.2, 0.25) is 0 Å². The lowest BCUT2D eigenvalue weighted by atomic mass is 10.0. The first-order chi connectivity index (χ1) is 36.0. The summed E-state index contributed by atoms with van der Waals surface area (Å²) in [6.45, 7) is 0. The first kappa shape index (κ1) is 58.4. The summed E-state index contributed by atoms with van der Waals surface area (Å²) >= 11 is 0. The zero-order chi connectivity index (χ0) is 59.2. The highest BCUT2D eigenvalue weighted by Gasteiger charge is 2.32. The number of fused-ring (bicyclic) bond motifs is 3. The maximum Gasteiger partial charge on any atom is 0.338 e. The normalized spacial score (nSPS) is 13.4. The highest BCUT2D eigenvalue weighted by Crippen LogP contribution is 2.50. The molecule has 35 nitrogen and oxygen atoms in total. The van der Waals surface area contributed by atoms with Gasteiger partial charge in [-0.2, -0.15) is 58.9 Å². The quantitative estimate of drug-likeness (QED) is 0.0192. The van der Waals surface area contributed by atoms with Gasteiger partial charge in [-0.25, -0.2) is 4.79 Å². The number of nitrogens with two attached hydrogens (primary N) is 1. The average Bonchev–Trinajstić information content (AvgIpc) is 3.48. The summed E-state index contributed by atoms with van der Waals surface area (Å²) in [7, 11) is -39.3. The molecule has 0 saturated heterocycles. The number of carbonyl (C=O) groups is 1. The number of anilines is 1. The van der Waals surface area contributed by atoms with E-state index in [0.717, 1.165) is 6.07 Å². The number of aromatic carboxylic acids is 1. The van der Waals surface area contributed by atoms with E-state index in [9.17, 15) is 121 Å². The fraction of sp³-hybridized carbons (Fsp3) is 0. The molecule has 0 fully saturated rings. The Morgan fingerprint density at radius 1 is 0.456 bits per heavy atom. The van der Waals surface area contributed by atoms with Crippen LogP contribution in [0.5, 0.6) is 11.5 Å². The summed E-state index contributed by atoms with van der Waals surface area (Å²) in [5.41, 5.74) is -3.33. The molecule has 79 heavy (non-hydrogen) atoms. The number of phenolic OH excluding ortho intramolecular Hbond substituents is 2. The van der Waals surface area contributed by atoms with Gasteiger partial charge in [0.05, 0.1) is 26.5 Å². The van der Waals surface area contributed by atoms with Crippen molar-refractivity contribution in [2.75, 3.05) is 5.73 Å². The predicted molar refractivity (Wildman–Crippen MR) is 261 cm³/mol. The van der Waals surface area contributed by atoms with Gasteiger partial charge in [0.15, 0.2) is 11.5 Å². The Morgan fingerprint density at radius 2 is 0.937 bits per heavy atom. The van der Waals surface area contributed by atoms with Crippen molar-refractivity contribution in [3.63, 3.8) is 0 Å². The molecule has 12 N–H and O–H groups in total. The van der Waals surface area contributed by atoms with Crippen molar-refractivity contribution in [3.05, 3.63) is 88.5 Å². The Labute approximate surface area is 438 Å². The number of nitrogen functional groups attached to an aromatic ring is 1. The minimum absolute atomic E-state index is 0.177. The van der Waals surface area contributed by atoms with Gasteiger partial charge in [0.25, 0.3) is 76.5 Å². The monoisotopic (exact) mass is 1240 g/mol. The lowest BCUT2D eigenvalue weighted by Gasteiger charge is -2.15.